The number of aromatic amines is 1. The molecule has 0 bridgehead atoms. The summed E-state index contributed by atoms with van der Waals surface area (Å²) in [7, 11) is 0. The number of benzene rings is 1. The molecule has 3 aromatic heterocycles. The maximum Gasteiger partial charge on any atom is 0.160 e. The summed E-state index contributed by atoms with van der Waals surface area (Å²) in [6, 6.07) is 6.46. The third-order valence-electron chi connectivity index (χ3n) is 2.97. The second-order valence-electron chi connectivity index (χ2n) is 4.12. The van der Waals surface area contributed by atoms with Gasteiger partial charge < -0.3 is 9.51 Å². The van der Waals surface area contributed by atoms with Crippen molar-refractivity contribution in [1.29, 1.82) is 0 Å². The molecule has 0 aliphatic heterocycles. The Hall–Kier alpha value is -2.76. The van der Waals surface area contributed by atoms with Crippen LogP contribution in [0.2, 0.25) is 0 Å². The maximum absolute atomic E-state index is 13.9. The number of rotatable bonds is 1. The van der Waals surface area contributed by atoms with Gasteiger partial charge in [0.1, 0.15) is 23.3 Å². The Bertz CT molecular complexity index is 882. The van der Waals surface area contributed by atoms with Gasteiger partial charge in [0, 0.05) is 6.07 Å². The molecular formula is C13H7FN4O. The number of hydrogen-bond acceptors (Lipinski definition) is 4. The lowest BCUT2D eigenvalue weighted by molar-refractivity contribution is 0.422. The van der Waals surface area contributed by atoms with Crippen molar-refractivity contribution < 1.29 is 8.91 Å². The highest BCUT2D eigenvalue weighted by Crippen LogP contribution is 2.26. The zero-order valence-corrected chi connectivity index (χ0v) is 9.59. The zero-order chi connectivity index (χ0) is 12.8. The Morgan fingerprint density at radius 3 is 3.00 bits per heavy atom. The summed E-state index contributed by atoms with van der Waals surface area (Å²) in [6.45, 7) is 0. The summed E-state index contributed by atoms with van der Waals surface area (Å²) in [4.78, 5) is 11.7. The second kappa shape index (κ2) is 3.61. The minimum atomic E-state index is -0.339. The molecule has 0 atom stereocenters. The van der Waals surface area contributed by atoms with E-state index in [0.29, 0.717) is 33.5 Å². The van der Waals surface area contributed by atoms with Gasteiger partial charge in [0.2, 0.25) is 0 Å². The van der Waals surface area contributed by atoms with Crippen LogP contribution in [-0.4, -0.2) is 20.1 Å². The van der Waals surface area contributed by atoms with Gasteiger partial charge >= 0.3 is 0 Å². The highest BCUT2D eigenvalue weighted by Gasteiger charge is 2.13. The zero-order valence-electron chi connectivity index (χ0n) is 9.59. The molecule has 4 rings (SSSR count). The predicted molar refractivity (Wildman–Crippen MR) is 66.8 cm³/mol. The van der Waals surface area contributed by atoms with Crippen LogP contribution in [-0.2, 0) is 0 Å². The fraction of sp³-hybridized carbons (Fsp3) is 0. The first-order valence-electron chi connectivity index (χ1n) is 5.66. The van der Waals surface area contributed by atoms with Crippen LogP contribution in [0.25, 0.3) is 33.5 Å². The fourth-order valence-electron chi connectivity index (χ4n) is 2.12. The summed E-state index contributed by atoms with van der Waals surface area (Å²) < 4.78 is 18.7. The average molecular weight is 254 g/mol. The smallest absolute Gasteiger partial charge is 0.160 e. The molecule has 0 radical (unpaired) electrons. The number of imidazole rings is 1. The van der Waals surface area contributed by atoms with Gasteiger partial charge in [0.25, 0.3) is 0 Å². The summed E-state index contributed by atoms with van der Waals surface area (Å²) in [5, 5.41) is 4.21. The Kier molecular flexibility index (Phi) is 1.94. The van der Waals surface area contributed by atoms with Crippen molar-refractivity contribution in [2.24, 2.45) is 0 Å². The van der Waals surface area contributed by atoms with Gasteiger partial charge in [-0.15, -0.1) is 0 Å². The van der Waals surface area contributed by atoms with Gasteiger partial charge in [-0.3, -0.25) is 4.98 Å². The Balaban J connectivity index is 2.11. The van der Waals surface area contributed by atoms with Gasteiger partial charge in [-0.2, -0.15) is 0 Å². The number of halogens is 1. The number of nitrogens with zero attached hydrogens (tertiary/aromatic N) is 3. The molecular weight excluding hydrogens is 247 g/mol. The van der Waals surface area contributed by atoms with Crippen LogP contribution in [0.4, 0.5) is 4.39 Å². The molecule has 0 fully saturated rings. The quantitative estimate of drug-likeness (QED) is 0.567. The van der Waals surface area contributed by atoms with Crippen LogP contribution < -0.4 is 0 Å². The van der Waals surface area contributed by atoms with E-state index in [0.717, 1.165) is 0 Å². The number of hydrogen-bond donors (Lipinski definition) is 1. The van der Waals surface area contributed by atoms with E-state index in [4.69, 9.17) is 4.52 Å². The molecule has 0 unspecified atom stereocenters. The number of nitrogens with one attached hydrogen (secondary N) is 1. The first-order valence-corrected chi connectivity index (χ1v) is 5.66. The maximum atomic E-state index is 13.9. The standard InChI is InChI=1S/C13H7FN4O/c14-7-2-1-3-8-11(7)12-10(6-15-8)16-13(17-12)9-4-5-19-18-9/h1-6H,(H,16,17). The molecule has 92 valence electrons. The summed E-state index contributed by atoms with van der Waals surface area (Å²) in [6.07, 6.45) is 3.09. The van der Waals surface area contributed by atoms with Crippen LogP contribution >= 0.6 is 0 Å². The summed E-state index contributed by atoms with van der Waals surface area (Å²) in [5.74, 6) is 0.190. The minimum Gasteiger partial charge on any atom is -0.364 e. The lowest BCUT2D eigenvalue weighted by Gasteiger charge is -1.98. The molecule has 19 heavy (non-hydrogen) atoms. The third kappa shape index (κ3) is 1.43. The Labute approximate surface area is 106 Å². The van der Waals surface area contributed by atoms with Crippen molar-refractivity contribution in [3.05, 3.63) is 42.5 Å². The topological polar surface area (TPSA) is 67.6 Å². The first kappa shape index (κ1) is 10.2. The van der Waals surface area contributed by atoms with E-state index in [1.54, 1.807) is 24.4 Å². The van der Waals surface area contributed by atoms with E-state index in [9.17, 15) is 4.39 Å². The van der Waals surface area contributed by atoms with E-state index in [1.165, 1.54) is 12.3 Å². The van der Waals surface area contributed by atoms with Crippen LogP contribution in [0.3, 0.4) is 0 Å². The molecule has 0 aliphatic carbocycles. The van der Waals surface area contributed by atoms with Crippen molar-refractivity contribution in [3.8, 4) is 11.5 Å². The molecule has 3 heterocycles. The lowest BCUT2D eigenvalue weighted by Crippen LogP contribution is -1.84. The van der Waals surface area contributed by atoms with Crippen LogP contribution in [0, 0.1) is 5.82 Å². The SMILES string of the molecule is Fc1cccc2ncc3[nH]c(-c4ccon4)nc3c12. The van der Waals surface area contributed by atoms with Crippen molar-refractivity contribution >= 4 is 21.9 Å². The fourth-order valence-corrected chi connectivity index (χ4v) is 2.12. The molecule has 5 nitrogen and oxygen atoms in total. The second-order valence-corrected chi connectivity index (χ2v) is 4.12. The number of aromatic nitrogens is 4. The molecule has 4 aromatic rings. The van der Waals surface area contributed by atoms with Crippen LogP contribution in [0.15, 0.2) is 41.2 Å². The summed E-state index contributed by atoms with van der Waals surface area (Å²) >= 11 is 0. The molecule has 0 saturated carbocycles. The molecule has 0 saturated heterocycles. The van der Waals surface area contributed by atoms with E-state index in [-0.39, 0.29) is 5.82 Å². The molecule has 0 aliphatic rings. The number of pyridine rings is 1. The molecule has 0 amide bonds. The Morgan fingerprint density at radius 1 is 1.21 bits per heavy atom. The predicted octanol–water partition coefficient (Wildman–Crippen LogP) is 2.91. The summed E-state index contributed by atoms with van der Waals surface area (Å²) in [5.41, 5.74) is 2.35. The largest absolute Gasteiger partial charge is 0.364 e. The van der Waals surface area contributed by atoms with Gasteiger partial charge in [-0.05, 0) is 12.1 Å². The van der Waals surface area contributed by atoms with Gasteiger partial charge in [0.15, 0.2) is 5.82 Å². The van der Waals surface area contributed by atoms with E-state index < -0.39 is 0 Å². The van der Waals surface area contributed by atoms with E-state index in [1.807, 2.05) is 0 Å². The highest BCUT2D eigenvalue weighted by atomic mass is 19.1. The van der Waals surface area contributed by atoms with E-state index in [2.05, 4.69) is 20.1 Å². The Morgan fingerprint density at radius 2 is 2.16 bits per heavy atom. The average Bonchev–Trinajstić information content (AvgIpc) is 3.07. The van der Waals surface area contributed by atoms with Crippen LogP contribution in [0.1, 0.15) is 0 Å². The third-order valence-corrected chi connectivity index (χ3v) is 2.97. The van der Waals surface area contributed by atoms with E-state index >= 15 is 0 Å². The normalized spacial score (nSPS) is 11.4. The van der Waals surface area contributed by atoms with Crippen LogP contribution in [0.5, 0.6) is 0 Å². The van der Waals surface area contributed by atoms with Gasteiger partial charge in [0.05, 0.1) is 22.6 Å². The minimum absolute atomic E-state index is 0.339. The number of H-pyrrole nitrogens is 1. The van der Waals surface area contributed by atoms with Crippen molar-refractivity contribution in [3.63, 3.8) is 0 Å². The van der Waals surface area contributed by atoms with Gasteiger partial charge in [-0.1, -0.05) is 11.2 Å². The van der Waals surface area contributed by atoms with Crippen molar-refractivity contribution in [2.75, 3.05) is 0 Å². The lowest BCUT2D eigenvalue weighted by atomic mass is 10.2. The number of fused-ring (bicyclic) bond motifs is 3. The molecule has 6 heteroatoms. The molecule has 1 aromatic carbocycles. The monoisotopic (exact) mass is 254 g/mol. The molecule has 1 N–H and O–H groups in total. The van der Waals surface area contributed by atoms with Crippen molar-refractivity contribution in [1.82, 2.24) is 20.1 Å². The molecule has 0 spiro atoms. The van der Waals surface area contributed by atoms with Gasteiger partial charge in [-0.25, -0.2) is 9.37 Å². The first-order chi connectivity index (χ1) is 9.33. The van der Waals surface area contributed by atoms with Crippen molar-refractivity contribution in [2.45, 2.75) is 0 Å². The highest BCUT2D eigenvalue weighted by molar-refractivity contribution is 6.02.